The molecule has 0 aromatic carbocycles. The highest BCUT2D eigenvalue weighted by atomic mass is 32.3. The molecule has 3 rings (SSSR count). The average molecular weight is 408 g/mol. The fraction of sp³-hybridized carbons (Fsp3) is 0.769. The first kappa shape index (κ1) is 19.2. The van der Waals surface area contributed by atoms with E-state index < -0.39 is 34.4 Å². The predicted molar refractivity (Wildman–Crippen MR) is 89.7 cm³/mol. The second-order valence-corrected chi connectivity index (χ2v) is 8.60. The van der Waals surface area contributed by atoms with Gasteiger partial charge in [0.25, 0.3) is 5.91 Å². The Kier molecular flexibility index (Phi) is 5.60. The van der Waals surface area contributed by atoms with E-state index in [9.17, 15) is 22.8 Å². The zero-order valence-corrected chi connectivity index (χ0v) is 15.4. The maximum absolute atomic E-state index is 12.4. The fourth-order valence-electron chi connectivity index (χ4n) is 3.37. The standard InChI is InChI=1S/C13H20N4O7S2/c18-11(8-3-5-25-6-4-8)14-15-12(19)10-2-1-9-7-16(10)13(20)17(9)24-26(21,22)23/h8-10H,1-7H2,(H,14,18)(H,15,19)(H,21,22,23)/t9-,10+/m1/s1. The zero-order chi connectivity index (χ0) is 18.9. The van der Waals surface area contributed by atoms with E-state index >= 15 is 0 Å². The molecule has 13 heteroatoms. The Balaban J connectivity index is 1.56. The summed E-state index contributed by atoms with van der Waals surface area (Å²) in [7, 11) is -4.83. The first-order valence-corrected chi connectivity index (χ1v) is 10.7. The third-order valence-electron chi connectivity index (χ3n) is 4.70. The van der Waals surface area contributed by atoms with Crippen LogP contribution in [0.25, 0.3) is 0 Å². The van der Waals surface area contributed by atoms with E-state index in [-0.39, 0.29) is 24.8 Å². The van der Waals surface area contributed by atoms with Crippen LogP contribution in [0, 0.1) is 5.92 Å². The Morgan fingerprint density at radius 1 is 1.12 bits per heavy atom. The van der Waals surface area contributed by atoms with Gasteiger partial charge in [-0.3, -0.25) is 25.0 Å². The smallest absolute Gasteiger partial charge is 0.309 e. The summed E-state index contributed by atoms with van der Waals surface area (Å²) >= 11 is 1.79. The Bertz CT molecular complexity index is 695. The van der Waals surface area contributed by atoms with Crippen LogP contribution in [0.1, 0.15) is 25.7 Å². The number of hydrazine groups is 1. The van der Waals surface area contributed by atoms with Crippen molar-refractivity contribution in [1.29, 1.82) is 0 Å². The quantitative estimate of drug-likeness (QED) is 0.408. The van der Waals surface area contributed by atoms with Gasteiger partial charge in [0.2, 0.25) is 5.91 Å². The van der Waals surface area contributed by atoms with Crippen molar-refractivity contribution < 1.29 is 31.6 Å². The number of thioether (sulfide) groups is 1. The van der Waals surface area contributed by atoms with Crippen LogP contribution in [-0.4, -0.2) is 70.9 Å². The Hall–Kier alpha value is -1.57. The number of urea groups is 1. The van der Waals surface area contributed by atoms with E-state index in [1.54, 1.807) is 11.8 Å². The van der Waals surface area contributed by atoms with E-state index in [4.69, 9.17) is 4.55 Å². The van der Waals surface area contributed by atoms with Crippen molar-refractivity contribution in [3.8, 4) is 0 Å². The van der Waals surface area contributed by atoms with Crippen LogP contribution in [0.15, 0.2) is 0 Å². The van der Waals surface area contributed by atoms with Gasteiger partial charge >= 0.3 is 16.4 Å². The van der Waals surface area contributed by atoms with Gasteiger partial charge in [0.15, 0.2) is 0 Å². The molecule has 0 unspecified atom stereocenters. The lowest BCUT2D eigenvalue weighted by molar-refractivity contribution is -0.133. The first-order valence-electron chi connectivity index (χ1n) is 8.20. The van der Waals surface area contributed by atoms with Crippen LogP contribution < -0.4 is 10.9 Å². The third-order valence-corrected chi connectivity index (χ3v) is 6.10. The van der Waals surface area contributed by atoms with Gasteiger partial charge in [-0.25, -0.2) is 4.79 Å². The average Bonchev–Trinajstić information content (AvgIpc) is 2.84. The summed E-state index contributed by atoms with van der Waals surface area (Å²) in [5, 5.41) is 0.570. The number of hydrogen-bond acceptors (Lipinski definition) is 7. The van der Waals surface area contributed by atoms with E-state index in [1.165, 1.54) is 0 Å². The monoisotopic (exact) mass is 408 g/mol. The molecular formula is C13H20N4O7S2. The molecular weight excluding hydrogens is 388 g/mol. The molecule has 3 fully saturated rings. The van der Waals surface area contributed by atoms with Gasteiger partial charge in [0.1, 0.15) is 6.04 Å². The third kappa shape index (κ3) is 4.22. The number of amides is 4. The van der Waals surface area contributed by atoms with Crippen molar-refractivity contribution in [3.63, 3.8) is 0 Å². The van der Waals surface area contributed by atoms with Crippen LogP contribution in [0.3, 0.4) is 0 Å². The van der Waals surface area contributed by atoms with Gasteiger partial charge in [-0.05, 0) is 37.2 Å². The summed E-state index contributed by atoms with van der Waals surface area (Å²) in [5.41, 5.74) is 4.76. The summed E-state index contributed by atoms with van der Waals surface area (Å²) in [6.45, 7) is 0.0975. The lowest BCUT2D eigenvalue weighted by atomic mass is 10.0. The van der Waals surface area contributed by atoms with E-state index in [2.05, 4.69) is 15.1 Å². The summed E-state index contributed by atoms with van der Waals surface area (Å²) in [4.78, 5) is 37.9. The molecule has 4 amide bonds. The van der Waals surface area contributed by atoms with Gasteiger partial charge < -0.3 is 4.90 Å². The maximum Gasteiger partial charge on any atom is 0.418 e. The lowest BCUT2D eigenvalue weighted by Gasteiger charge is -2.29. The molecule has 3 aliphatic heterocycles. The van der Waals surface area contributed by atoms with E-state index in [0.717, 1.165) is 29.2 Å². The van der Waals surface area contributed by atoms with E-state index in [0.29, 0.717) is 11.5 Å². The highest BCUT2D eigenvalue weighted by Crippen LogP contribution is 2.30. The molecule has 0 spiro atoms. The fourth-order valence-corrected chi connectivity index (χ4v) is 4.87. The number of fused-ring (bicyclic) bond motifs is 2. The molecule has 11 nitrogen and oxygen atoms in total. The molecule has 0 aromatic heterocycles. The first-order chi connectivity index (χ1) is 12.3. The van der Waals surface area contributed by atoms with Gasteiger partial charge in [-0.15, -0.1) is 4.28 Å². The molecule has 3 aliphatic rings. The molecule has 0 aromatic rings. The normalized spacial score (nSPS) is 26.7. The summed E-state index contributed by atoms with van der Waals surface area (Å²) in [6, 6.07) is -2.24. The minimum atomic E-state index is -4.83. The molecule has 0 aliphatic carbocycles. The highest BCUT2D eigenvalue weighted by molar-refractivity contribution is 7.99. The summed E-state index contributed by atoms with van der Waals surface area (Å²) in [6.07, 6.45) is 2.11. The number of rotatable bonds is 4. The molecule has 26 heavy (non-hydrogen) atoms. The van der Waals surface area contributed by atoms with Crippen LogP contribution in [0.5, 0.6) is 0 Å². The minimum Gasteiger partial charge on any atom is -0.309 e. The maximum atomic E-state index is 12.4. The number of hydrogen-bond donors (Lipinski definition) is 3. The highest BCUT2D eigenvalue weighted by Gasteiger charge is 2.49. The minimum absolute atomic E-state index is 0.0975. The van der Waals surface area contributed by atoms with Gasteiger partial charge in [-0.2, -0.15) is 25.2 Å². The van der Waals surface area contributed by atoms with Crippen molar-refractivity contribution >= 4 is 40.0 Å². The van der Waals surface area contributed by atoms with Crippen molar-refractivity contribution in [3.05, 3.63) is 0 Å². The van der Waals surface area contributed by atoms with Crippen molar-refractivity contribution in [2.24, 2.45) is 5.92 Å². The second kappa shape index (κ2) is 7.58. The van der Waals surface area contributed by atoms with Gasteiger partial charge in [-0.1, -0.05) is 0 Å². The molecule has 0 saturated carbocycles. The van der Waals surface area contributed by atoms with Crippen LogP contribution in [0.4, 0.5) is 4.79 Å². The zero-order valence-electron chi connectivity index (χ0n) is 13.8. The van der Waals surface area contributed by atoms with Gasteiger partial charge in [0.05, 0.1) is 6.04 Å². The Labute approximate surface area is 154 Å². The Morgan fingerprint density at radius 3 is 2.42 bits per heavy atom. The molecule has 3 N–H and O–H groups in total. The number of hydroxylamine groups is 2. The lowest BCUT2D eigenvalue weighted by Crippen LogP contribution is -2.55. The number of nitrogens with zero attached hydrogens (tertiary/aromatic N) is 2. The predicted octanol–water partition coefficient (Wildman–Crippen LogP) is -0.720. The molecule has 3 heterocycles. The van der Waals surface area contributed by atoms with Crippen LogP contribution in [-0.2, 0) is 24.3 Å². The molecule has 3 saturated heterocycles. The summed E-state index contributed by atoms with van der Waals surface area (Å²) in [5.74, 6) is 0.865. The Morgan fingerprint density at radius 2 is 1.77 bits per heavy atom. The van der Waals surface area contributed by atoms with Crippen molar-refractivity contribution in [1.82, 2.24) is 20.8 Å². The van der Waals surface area contributed by atoms with Crippen LogP contribution in [0.2, 0.25) is 0 Å². The summed E-state index contributed by atoms with van der Waals surface area (Å²) < 4.78 is 34.8. The molecule has 2 atom stereocenters. The topological polar surface area (TPSA) is 145 Å². The number of piperidine rings is 1. The molecule has 146 valence electrons. The molecule has 0 radical (unpaired) electrons. The van der Waals surface area contributed by atoms with E-state index in [1.807, 2.05) is 0 Å². The number of carbonyl (C=O) groups excluding carboxylic acids is 3. The number of carbonyl (C=O) groups is 3. The second-order valence-electron chi connectivity index (χ2n) is 6.38. The SMILES string of the molecule is O=C(NNC(=O)[C@@H]1CC[C@@H]2CN1C(=O)N2OS(=O)(=O)O)C1CCSCC1. The van der Waals surface area contributed by atoms with Gasteiger partial charge in [0, 0.05) is 12.5 Å². The van der Waals surface area contributed by atoms with Crippen LogP contribution >= 0.6 is 11.8 Å². The largest absolute Gasteiger partial charge is 0.418 e. The van der Waals surface area contributed by atoms with Crippen molar-refractivity contribution in [2.45, 2.75) is 37.8 Å². The van der Waals surface area contributed by atoms with Crippen molar-refractivity contribution in [2.75, 3.05) is 18.1 Å². The number of nitrogens with one attached hydrogen (secondary N) is 2. The molecule has 2 bridgehead atoms.